The van der Waals surface area contributed by atoms with Crippen molar-refractivity contribution in [2.45, 2.75) is 33.8 Å². The third-order valence-corrected chi connectivity index (χ3v) is 1.16. The Morgan fingerprint density at radius 3 is 2.25 bits per heavy atom. The van der Waals surface area contributed by atoms with Gasteiger partial charge in [0.05, 0.1) is 6.10 Å². The molecule has 0 N–H and O–H groups in total. The highest BCUT2D eigenvalue weighted by molar-refractivity contribution is 5.17. The summed E-state index contributed by atoms with van der Waals surface area (Å²) in [5.74, 6) is 0.908. The molecule has 68 valence electrons. The highest BCUT2D eigenvalue weighted by Crippen LogP contribution is 2.04. The highest BCUT2D eigenvalue weighted by Gasteiger charge is 1.94. The quantitative estimate of drug-likeness (QED) is 0.459. The van der Waals surface area contributed by atoms with E-state index in [0.717, 1.165) is 5.76 Å². The van der Waals surface area contributed by atoms with E-state index in [9.17, 15) is 0 Å². The second kappa shape index (κ2) is 6.71. The van der Waals surface area contributed by atoms with Crippen LogP contribution in [0.25, 0.3) is 0 Å². The minimum absolute atomic E-state index is 0.234. The molecular formula is C11H18O. The first-order chi connectivity index (χ1) is 5.70. The van der Waals surface area contributed by atoms with E-state index in [2.05, 4.69) is 0 Å². The molecule has 0 aliphatic rings. The van der Waals surface area contributed by atoms with Gasteiger partial charge in [0, 0.05) is 0 Å². The topological polar surface area (TPSA) is 9.23 Å². The Morgan fingerprint density at radius 2 is 1.83 bits per heavy atom. The van der Waals surface area contributed by atoms with Gasteiger partial charge in [-0.05, 0) is 39.8 Å². The third-order valence-electron chi connectivity index (χ3n) is 1.16. The van der Waals surface area contributed by atoms with Crippen LogP contribution in [0.15, 0.2) is 36.1 Å². The standard InChI is InChI=1S/C11H18O/c1-5-7-9-11(8-6-2)12-10(3)4/h5-10H,1-4H3/b7-5-,8-6-,11-9+. The molecule has 0 atom stereocenters. The van der Waals surface area contributed by atoms with E-state index in [1.165, 1.54) is 0 Å². The van der Waals surface area contributed by atoms with Gasteiger partial charge in [0.15, 0.2) is 0 Å². The Labute approximate surface area is 75.4 Å². The zero-order valence-corrected chi connectivity index (χ0v) is 8.37. The van der Waals surface area contributed by atoms with Gasteiger partial charge in [-0.2, -0.15) is 0 Å². The number of rotatable bonds is 4. The van der Waals surface area contributed by atoms with E-state index < -0.39 is 0 Å². The van der Waals surface area contributed by atoms with Crippen LogP contribution < -0.4 is 0 Å². The average Bonchev–Trinajstić information content (AvgIpc) is 2.00. The summed E-state index contributed by atoms with van der Waals surface area (Å²) in [4.78, 5) is 0. The van der Waals surface area contributed by atoms with Gasteiger partial charge in [-0.25, -0.2) is 0 Å². The molecule has 0 saturated carbocycles. The molecule has 0 saturated heterocycles. The molecule has 0 radical (unpaired) electrons. The number of hydrogen-bond acceptors (Lipinski definition) is 1. The zero-order valence-electron chi connectivity index (χ0n) is 8.37. The first kappa shape index (κ1) is 11.0. The molecule has 0 aliphatic heterocycles. The molecule has 0 spiro atoms. The molecular weight excluding hydrogens is 148 g/mol. The van der Waals surface area contributed by atoms with Crippen molar-refractivity contribution in [1.29, 1.82) is 0 Å². The van der Waals surface area contributed by atoms with E-state index >= 15 is 0 Å². The first-order valence-corrected chi connectivity index (χ1v) is 4.33. The smallest absolute Gasteiger partial charge is 0.119 e. The van der Waals surface area contributed by atoms with Crippen LogP contribution in [0.4, 0.5) is 0 Å². The second-order valence-corrected chi connectivity index (χ2v) is 2.76. The fourth-order valence-corrected chi connectivity index (χ4v) is 0.762. The largest absolute Gasteiger partial charge is 0.491 e. The highest BCUT2D eigenvalue weighted by atomic mass is 16.5. The number of allylic oxidation sites excluding steroid dienone is 5. The van der Waals surface area contributed by atoms with Crippen molar-refractivity contribution in [3.05, 3.63) is 36.1 Å². The van der Waals surface area contributed by atoms with Crippen LogP contribution in [0.2, 0.25) is 0 Å². The zero-order chi connectivity index (χ0) is 9.40. The molecule has 0 bridgehead atoms. The molecule has 0 rings (SSSR count). The summed E-state index contributed by atoms with van der Waals surface area (Å²) in [5, 5.41) is 0. The summed E-state index contributed by atoms with van der Waals surface area (Å²) < 4.78 is 5.52. The lowest BCUT2D eigenvalue weighted by Crippen LogP contribution is -2.00. The fraction of sp³-hybridized carbons (Fsp3) is 0.455. The summed E-state index contributed by atoms with van der Waals surface area (Å²) in [6.45, 7) is 8.01. The third kappa shape index (κ3) is 5.78. The Hall–Kier alpha value is -0.980. The Kier molecular flexibility index (Phi) is 6.16. The van der Waals surface area contributed by atoms with Crippen LogP contribution in [0.3, 0.4) is 0 Å². The lowest BCUT2D eigenvalue weighted by atomic mass is 10.3. The molecule has 0 aromatic carbocycles. The normalized spacial score (nSPS) is 13.6. The monoisotopic (exact) mass is 166 g/mol. The van der Waals surface area contributed by atoms with Crippen LogP contribution in [0, 0.1) is 0 Å². The van der Waals surface area contributed by atoms with Crippen LogP contribution in [-0.4, -0.2) is 6.10 Å². The Bertz CT molecular complexity index is 185. The molecule has 0 fully saturated rings. The number of hydrogen-bond donors (Lipinski definition) is 0. The van der Waals surface area contributed by atoms with Gasteiger partial charge in [-0.1, -0.05) is 18.2 Å². The van der Waals surface area contributed by atoms with Crippen LogP contribution >= 0.6 is 0 Å². The second-order valence-electron chi connectivity index (χ2n) is 2.76. The van der Waals surface area contributed by atoms with E-state index in [4.69, 9.17) is 4.74 Å². The van der Waals surface area contributed by atoms with E-state index in [0.29, 0.717) is 0 Å². The van der Waals surface area contributed by atoms with E-state index in [1.807, 2.05) is 58.1 Å². The van der Waals surface area contributed by atoms with Crippen LogP contribution in [-0.2, 0) is 4.74 Å². The van der Waals surface area contributed by atoms with Crippen molar-refractivity contribution in [3.8, 4) is 0 Å². The predicted molar refractivity (Wildman–Crippen MR) is 53.9 cm³/mol. The summed E-state index contributed by atoms with van der Waals surface area (Å²) in [6, 6.07) is 0. The molecule has 0 amide bonds. The fourth-order valence-electron chi connectivity index (χ4n) is 0.762. The van der Waals surface area contributed by atoms with E-state index in [1.54, 1.807) is 0 Å². The van der Waals surface area contributed by atoms with Crippen molar-refractivity contribution in [2.75, 3.05) is 0 Å². The molecule has 1 heteroatoms. The lowest BCUT2D eigenvalue weighted by Gasteiger charge is -2.09. The molecule has 0 heterocycles. The maximum atomic E-state index is 5.52. The molecule has 0 unspecified atom stereocenters. The van der Waals surface area contributed by atoms with Crippen molar-refractivity contribution >= 4 is 0 Å². The van der Waals surface area contributed by atoms with Crippen molar-refractivity contribution in [2.24, 2.45) is 0 Å². The predicted octanol–water partition coefficient (Wildman–Crippen LogP) is 3.45. The molecule has 0 aliphatic carbocycles. The van der Waals surface area contributed by atoms with Gasteiger partial charge in [0.1, 0.15) is 5.76 Å². The Balaban J connectivity index is 4.22. The van der Waals surface area contributed by atoms with Gasteiger partial charge >= 0.3 is 0 Å². The van der Waals surface area contributed by atoms with Crippen LogP contribution in [0.1, 0.15) is 27.7 Å². The minimum Gasteiger partial charge on any atom is -0.491 e. The molecule has 12 heavy (non-hydrogen) atoms. The molecule has 0 aromatic heterocycles. The summed E-state index contributed by atoms with van der Waals surface area (Å²) in [6.07, 6.45) is 10.1. The molecule has 0 aromatic rings. The van der Waals surface area contributed by atoms with Gasteiger partial charge in [0.25, 0.3) is 0 Å². The van der Waals surface area contributed by atoms with Crippen LogP contribution in [0.5, 0.6) is 0 Å². The van der Waals surface area contributed by atoms with Crippen molar-refractivity contribution < 1.29 is 4.74 Å². The summed E-state index contributed by atoms with van der Waals surface area (Å²) in [7, 11) is 0. The van der Waals surface area contributed by atoms with Crippen molar-refractivity contribution in [3.63, 3.8) is 0 Å². The van der Waals surface area contributed by atoms with Gasteiger partial charge < -0.3 is 4.74 Å². The lowest BCUT2D eigenvalue weighted by molar-refractivity contribution is 0.158. The van der Waals surface area contributed by atoms with Gasteiger partial charge in [-0.3, -0.25) is 0 Å². The Morgan fingerprint density at radius 1 is 1.17 bits per heavy atom. The van der Waals surface area contributed by atoms with Gasteiger partial charge in [-0.15, -0.1) is 0 Å². The maximum Gasteiger partial charge on any atom is 0.119 e. The van der Waals surface area contributed by atoms with Crippen molar-refractivity contribution in [1.82, 2.24) is 0 Å². The molecule has 1 nitrogen and oxygen atoms in total. The minimum atomic E-state index is 0.234. The number of ether oxygens (including phenoxy) is 1. The van der Waals surface area contributed by atoms with E-state index in [-0.39, 0.29) is 6.10 Å². The summed E-state index contributed by atoms with van der Waals surface area (Å²) >= 11 is 0. The van der Waals surface area contributed by atoms with Gasteiger partial charge in [0.2, 0.25) is 0 Å². The average molecular weight is 166 g/mol. The maximum absolute atomic E-state index is 5.52. The summed E-state index contributed by atoms with van der Waals surface area (Å²) in [5.41, 5.74) is 0. The first-order valence-electron chi connectivity index (χ1n) is 4.33. The SMILES string of the molecule is C\C=C/C=C(\C=C/C)OC(C)C.